The Morgan fingerprint density at radius 1 is 1.24 bits per heavy atom. The summed E-state index contributed by atoms with van der Waals surface area (Å²) < 4.78 is 11.9. The van der Waals surface area contributed by atoms with Crippen molar-refractivity contribution in [3.63, 3.8) is 0 Å². The van der Waals surface area contributed by atoms with Crippen LogP contribution in [0.3, 0.4) is 0 Å². The molecule has 0 bridgehead atoms. The lowest BCUT2D eigenvalue weighted by Crippen LogP contribution is -2.42. The second-order valence-electron chi connectivity index (χ2n) is 6.23. The van der Waals surface area contributed by atoms with Crippen LogP contribution in [0, 0.1) is 0 Å². The number of likely N-dealkylation sites (N-methyl/N-ethyl adjacent to an activating group) is 1. The molecule has 2 aromatic rings. The van der Waals surface area contributed by atoms with Gasteiger partial charge in [0.05, 0.1) is 19.8 Å². The summed E-state index contributed by atoms with van der Waals surface area (Å²) in [7, 11) is 6.07. The van der Waals surface area contributed by atoms with Gasteiger partial charge in [0, 0.05) is 16.5 Å². The molecule has 0 saturated carbocycles. The summed E-state index contributed by atoms with van der Waals surface area (Å²) in [5.74, 6) is 0.960. The molecule has 0 atom stereocenters. The summed E-state index contributed by atoms with van der Waals surface area (Å²) >= 11 is 0. The van der Waals surface area contributed by atoms with Gasteiger partial charge < -0.3 is 19.4 Å². The SMILES string of the molecule is CNCc1oc2ccccc2c1COCC(C)(C)N(C)C. The van der Waals surface area contributed by atoms with E-state index in [1.54, 1.807) is 0 Å². The molecular weight excluding hydrogens is 264 g/mol. The molecule has 21 heavy (non-hydrogen) atoms. The Balaban J connectivity index is 2.15. The first-order valence-corrected chi connectivity index (χ1v) is 7.35. The van der Waals surface area contributed by atoms with Gasteiger partial charge in [0.15, 0.2) is 0 Å². The van der Waals surface area contributed by atoms with Crippen molar-refractivity contribution in [1.82, 2.24) is 10.2 Å². The Hall–Kier alpha value is -1.36. The summed E-state index contributed by atoms with van der Waals surface area (Å²) in [6, 6.07) is 8.12. The molecule has 1 aromatic carbocycles. The summed E-state index contributed by atoms with van der Waals surface area (Å²) in [4.78, 5) is 2.18. The van der Waals surface area contributed by atoms with Crippen LogP contribution < -0.4 is 5.32 Å². The Bertz CT molecular complexity index is 587. The predicted octanol–water partition coefficient (Wildman–Crippen LogP) is 3.01. The Labute approximate surface area is 127 Å². The van der Waals surface area contributed by atoms with Crippen LogP contribution in [-0.2, 0) is 17.9 Å². The van der Waals surface area contributed by atoms with Crippen molar-refractivity contribution in [1.29, 1.82) is 0 Å². The highest BCUT2D eigenvalue weighted by Gasteiger charge is 2.21. The highest BCUT2D eigenvalue weighted by Crippen LogP contribution is 2.27. The van der Waals surface area contributed by atoms with Gasteiger partial charge in [-0.25, -0.2) is 0 Å². The van der Waals surface area contributed by atoms with Crippen molar-refractivity contribution in [2.45, 2.75) is 32.5 Å². The van der Waals surface area contributed by atoms with E-state index >= 15 is 0 Å². The minimum Gasteiger partial charge on any atom is -0.459 e. The van der Waals surface area contributed by atoms with E-state index in [4.69, 9.17) is 9.15 Å². The lowest BCUT2D eigenvalue weighted by atomic mass is 10.1. The number of para-hydroxylation sites is 1. The first-order valence-electron chi connectivity index (χ1n) is 7.35. The summed E-state index contributed by atoms with van der Waals surface area (Å²) in [6.07, 6.45) is 0. The van der Waals surface area contributed by atoms with Gasteiger partial charge in [-0.2, -0.15) is 0 Å². The average Bonchev–Trinajstić information content (AvgIpc) is 2.77. The molecule has 1 N–H and O–H groups in total. The Kier molecular flexibility index (Phi) is 5.04. The number of fused-ring (bicyclic) bond motifs is 1. The average molecular weight is 290 g/mol. The van der Waals surface area contributed by atoms with Crippen LogP contribution in [-0.4, -0.2) is 38.2 Å². The summed E-state index contributed by atoms with van der Waals surface area (Å²) in [6.45, 7) is 6.32. The molecule has 0 spiro atoms. The monoisotopic (exact) mass is 290 g/mol. The molecule has 1 aromatic heterocycles. The number of nitrogens with one attached hydrogen (secondary N) is 1. The van der Waals surface area contributed by atoms with Crippen molar-refractivity contribution < 1.29 is 9.15 Å². The normalized spacial score (nSPS) is 12.5. The van der Waals surface area contributed by atoms with E-state index in [0.717, 1.165) is 22.3 Å². The quantitative estimate of drug-likeness (QED) is 0.850. The number of hydrogen-bond donors (Lipinski definition) is 1. The molecule has 1 heterocycles. The molecule has 0 aliphatic carbocycles. The van der Waals surface area contributed by atoms with Crippen molar-refractivity contribution in [3.05, 3.63) is 35.6 Å². The van der Waals surface area contributed by atoms with Crippen LogP contribution in [0.5, 0.6) is 0 Å². The van der Waals surface area contributed by atoms with Crippen LogP contribution in [0.15, 0.2) is 28.7 Å². The molecule has 0 unspecified atom stereocenters. The van der Waals surface area contributed by atoms with Gasteiger partial charge in [-0.15, -0.1) is 0 Å². The first kappa shape index (κ1) is 16.0. The molecular formula is C17H26N2O2. The van der Waals surface area contributed by atoms with Crippen molar-refractivity contribution in [2.24, 2.45) is 0 Å². The molecule has 116 valence electrons. The zero-order chi connectivity index (χ0) is 15.5. The summed E-state index contributed by atoms with van der Waals surface area (Å²) in [5, 5.41) is 4.30. The van der Waals surface area contributed by atoms with Crippen LogP contribution in [0.25, 0.3) is 11.0 Å². The van der Waals surface area contributed by atoms with Gasteiger partial charge in [-0.05, 0) is 41.1 Å². The molecule has 0 amide bonds. The fraction of sp³-hybridized carbons (Fsp3) is 0.529. The minimum absolute atomic E-state index is 0.0166. The van der Waals surface area contributed by atoms with Gasteiger partial charge in [-0.1, -0.05) is 18.2 Å². The van der Waals surface area contributed by atoms with E-state index in [9.17, 15) is 0 Å². The molecule has 4 heteroatoms. The molecule has 0 saturated heterocycles. The topological polar surface area (TPSA) is 37.6 Å². The van der Waals surface area contributed by atoms with Gasteiger partial charge in [0.1, 0.15) is 11.3 Å². The number of nitrogens with zero attached hydrogens (tertiary/aromatic N) is 1. The maximum Gasteiger partial charge on any atom is 0.134 e. The van der Waals surface area contributed by atoms with Crippen molar-refractivity contribution >= 4 is 11.0 Å². The largest absolute Gasteiger partial charge is 0.459 e. The third kappa shape index (κ3) is 3.64. The lowest BCUT2D eigenvalue weighted by Gasteiger charge is -2.32. The number of rotatable bonds is 7. The maximum absolute atomic E-state index is 5.97. The van der Waals surface area contributed by atoms with E-state index in [-0.39, 0.29) is 5.54 Å². The Morgan fingerprint density at radius 3 is 2.62 bits per heavy atom. The first-order chi connectivity index (χ1) is 9.95. The third-order valence-corrected chi connectivity index (χ3v) is 4.03. The second-order valence-corrected chi connectivity index (χ2v) is 6.23. The number of ether oxygens (including phenoxy) is 1. The van der Waals surface area contributed by atoms with Crippen LogP contribution in [0.2, 0.25) is 0 Å². The van der Waals surface area contributed by atoms with E-state index in [0.29, 0.717) is 19.8 Å². The fourth-order valence-electron chi connectivity index (χ4n) is 2.14. The van der Waals surface area contributed by atoms with Gasteiger partial charge in [-0.3, -0.25) is 0 Å². The third-order valence-electron chi connectivity index (χ3n) is 4.03. The van der Waals surface area contributed by atoms with Gasteiger partial charge in [0.2, 0.25) is 0 Å². The summed E-state index contributed by atoms with van der Waals surface area (Å²) in [5.41, 5.74) is 2.09. The molecule has 0 radical (unpaired) electrons. The van der Waals surface area contributed by atoms with Crippen molar-refractivity contribution in [3.8, 4) is 0 Å². The zero-order valence-corrected chi connectivity index (χ0v) is 13.7. The smallest absolute Gasteiger partial charge is 0.134 e. The molecule has 0 fully saturated rings. The second kappa shape index (κ2) is 6.60. The number of furan rings is 1. The minimum atomic E-state index is 0.0166. The fourth-order valence-corrected chi connectivity index (χ4v) is 2.14. The molecule has 0 aliphatic heterocycles. The highest BCUT2D eigenvalue weighted by atomic mass is 16.5. The highest BCUT2D eigenvalue weighted by molar-refractivity contribution is 5.82. The van der Waals surface area contributed by atoms with Crippen molar-refractivity contribution in [2.75, 3.05) is 27.7 Å². The number of hydrogen-bond acceptors (Lipinski definition) is 4. The number of benzene rings is 1. The molecule has 4 nitrogen and oxygen atoms in total. The van der Waals surface area contributed by atoms with E-state index < -0.39 is 0 Å². The maximum atomic E-state index is 5.97. The predicted molar refractivity (Wildman–Crippen MR) is 86.4 cm³/mol. The van der Waals surface area contributed by atoms with E-state index in [1.807, 2.05) is 25.2 Å². The van der Waals surface area contributed by atoms with E-state index in [1.165, 1.54) is 0 Å². The van der Waals surface area contributed by atoms with E-state index in [2.05, 4.69) is 44.2 Å². The lowest BCUT2D eigenvalue weighted by molar-refractivity contribution is 0.0273. The van der Waals surface area contributed by atoms with Gasteiger partial charge >= 0.3 is 0 Å². The molecule has 2 rings (SSSR count). The Morgan fingerprint density at radius 2 is 1.95 bits per heavy atom. The van der Waals surface area contributed by atoms with Crippen LogP contribution in [0.4, 0.5) is 0 Å². The zero-order valence-electron chi connectivity index (χ0n) is 13.7. The standard InChI is InChI=1S/C17H26N2O2/c1-17(2,19(4)5)12-20-11-14-13-8-6-7-9-15(13)21-16(14)10-18-3/h6-9,18H,10-12H2,1-5H3. The van der Waals surface area contributed by atoms with Crippen LogP contribution >= 0.6 is 0 Å². The van der Waals surface area contributed by atoms with Gasteiger partial charge in [0.25, 0.3) is 0 Å². The van der Waals surface area contributed by atoms with Crippen LogP contribution in [0.1, 0.15) is 25.2 Å². The molecule has 0 aliphatic rings.